The summed E-state index contributed by atoms with van der Waals surface area (Å²) in [4.78, 5) is 9.91. The number of hydrogen-bond donors (Lipinski definition) is 0. The molecule has 0 radical (unpaired) electrons. The van der Waals surface area contributed by atoms with E-state index in [1.165, 1.54) is 31.4 Å². The third kappa shape index (κ3) is 1.55. The van der Waals surface area contributed by atoms with Gasteiger partial charge in [-0.3, -0.25) is 9.98 Å². The van der Waals surface area contributed by atoms with Crippen LogP contribution in [0.2, 0.25) is 0 Å². The highest BCUT2D eigenvalue weighted by molar-refractivity contribution is 5.93. The zero-order valence-electron chi connectivity index (χ0n) is 12.3. The monoisotopic (exact) mass is 256 g/mol. The molecule has 102 valence electrons. The van der Waals surface area contributed by atoms with Gasteiger partial charge in [-0.15, -0.1) is 0 Å². The predicted octanol–water partition coefficient (Wildman–Crippen LogP) is 3.67. The largest absolute Gasteiger partial charge is 0.297 e. The lowest BCUT2D eigenvalue weighted by molar-refractivity contribution is 0.195. The molecule has 19 heavy (non-hydrogen) atoms. The van der Waals surface area contributed by atoms with E-state index in [0.717, 1.165) is 18.4 Å². The van der Waals surface area contributed by atoms with E-state index < -0.39 is 0 Å². The first kappa shape index (κ1) is 11.9. The summed E-state index contributed by atoms with van der Waals surface area (Å²) in [5, 5.41) is 0. The molecule has 2 aliphatic carbocycles. The summed E-state index contributed by atoms with van der Waals surface area (Å²) >= 11 is 0. The molecule has 1 fully saturated rings. The maximum Gasteiger partial charge on any atom is 0.0565 e. The fourth-order valence-corrected chi connectivity index (χ4v) is 4.86. The highest BCUT2D eigenvalue weighted by Crippen LogP contribution is 2.52. The Balaban J connectivity index is 1.91. The van der Waals surface area contributed by atoms with Gasteiger partial charge in [-0.25, -0.2) is 0 Å². The predicted molar refractivity (Wildman–Crippen MR) is 80.0 cm³/mol. The van der Waals surface area contributed by atoms with Crippen molar-refractivity contribution in [1.82, 2.24) is 0 Å². The van der Waals surface area contributed by atoms with Crippen LogP contribution < -0.4 is 0 Å². The van der Waals surface area contributed by atoms with E-state index in [-0.39, 0.29) is 5.41 Å². The van der Waals surface area contributed by atoms with E-state index in [0.29, 0.717) is 12.0 Å². The van der Waals surface area contributed by atoms with Crippen LogP contribution in [-0.4, -0.2) is 24.5 Å². The van der Waals surface area contributed by atoms with Crippen molar-refractivity contribution >= 4 is 11.9 Å². The van der Waals surface area contributed by atoms with Crippen LogP contribution in [0.3, 0.4) is 0 Å². The molecule has 2 aliphatic heterocycles. The van der Waals surface area contributed by atoms with E-state index in [2.05, 4.69) is 27.0 Å². The summed E-state index contributed by atoms with van der Waals surface area (Å²) < 4.78 is 0. The molecule has 0 spiro atoms. The van der Waals surface area contributed by atoms with Gasteiger partial charge in [0.15, 0.2) is 0 Å². The topological polar surface area (TPSA) is 24.7 Å². The Morgan fingerprint density at radius 2 is 2.11 bits per heavy atom. The van der Waals surface area contributed by atoms with Gasteiger partial charge in [0.1, 0.15) is 0 Å². The van der Waals surface area contributed by atoms with Crippen molar-refractivity contribution in [3.63, 3.8) is 0 Å². The van der Waals surface area contributed by atoms with Crippen LogP contribution in [0.25, 0.3) is 0 Å². The molecule has 0 aromatic carbocycles. The number of rotatable bonds is 0. The van der Waals surface area contributed by atoms with Crippen LogP contribution in [0.5, 0.6) is 0 Å². The molecule has 4 rings (SSSR count). The maximum atomic E-state index is 5.18. The number of aliphatic imine (C=N–C) groups is 2. The van der Waals surface area contributed by atoms with Crippen molar-refractivity contribution in [2.75, 3.05) is 6.54 Å². The highest BCUT2D eigenvalue weighted by Gasteiger charge is 2.49. The van der Waals surface area contributed by atoms with Gasteiger partial charge in [0, 0.05) is 36.2 Å². The van der Waals surface area contributed by atoms with Crippen LogP contribution in [0.15, 0.2) is 21.1 Å². The van der Waals surface area contributed by atoms with Gasteiger partial charge in [-0.1, -0.05) is 31.9 Å². The minimum absolute atomic E-state index is 0.216. The smallest absolute Gasteiger partial charge is 0.0565 e. The number of nitrogens with zero attached hydrogens (tertiary/aromatic N) is 2. The fourth-order valence-electron chi connectivity index (χ4n) is 4.86. The molecule has 1 saturated carbocycles. The molecule has 2 nitrogen and oxygen atoms in total. The van der Waals surface area contributed by atoms with Gasteiger partial charge < -0.3 is 0 Å². The Morgan fingerprint density at radius 1 is 1.26 bits per heavy atom. The molecule has 5 unspecified atom stereocenters. The summed E-state index contributed by atoms with van der Waals surface area (Å²) in [7, 11) is 0. The Kier molecular flexibility index (Phi) is 2.38. The van der Waals surface area contributed by atoms with Gasteiger partial charge in [0.05, 0.1) is 6.04 Å². The molecular formula is C17H24N2. The second-order valence-corrected chi connectivity index (χ2v) is 7.42. The van der Waals surface area contributed by atoms with Crippen molar-refractivity contribution in [2.45, 2.75) is 52.5 Å². The Labute approximate surface area is 116 Å². The molecule has 0 amide bonds. The number of allylic oxidation sites excluding steroid dienone is 1. The summed E-state index contributed by atoms with van der Waals surface area (Å²) in [5.74, 6) is 2.10. The van der Waals surface area contributed by atoms with E-state index in [1.54, 1.807) is 11.1 Å². The lowest BCUT2D eigenvalue weighted by Crippen LogP contribution is -2.41. The lowest BCUT2D eigenvalue weighted by atomic mass is 9.61. The SMILES string of the molecule is CC1C2CC3=C4CCN=CC(C)(C3)C(C)C1N=C2C4. The van der Waals surface area contributed by atoms with E-state index in [4.69, 9.17) is 9.98 Å². The lowest BCUT2D eigenvalue weighted by Gasteiger charge is -2.43. The molecule has 0 N–H and O–H groups in total. The summed E-state index contributed by atoms with van der Waals surface area (Å²) in [5.41, 5.74) is 5.18. The van der Waals surface area contributed by atoms with Crippen molar-refractivity contribution in [2.24, 2.45) is 33.2 Å². The number of hydrogen-bond acceptors (Lipinski definition) is 2. The zero-order chi connectivity index (χ0) is 13.2. The van der Waals surface area contributed by atoms with Crippen LogP contribution in [0.1, 0.15) is 46.5 Å². The van der Waals surface area contributed by atoms with Crippen molar-refractivity contribution < 1.29 is 0 Å². The first-order chi connectivity index (χ1) is 9.08. The third-order valence-corrected chi connectivity index (χ3v) is 6.35. The van der Waals surface area contributed by atoms with Gasteiger partial charge in [0.2, 0.25) is 0 Å². The first-order valence-electron chi connectivity index (χ1n) is 7.86. The van der Waals surface area contributed by atoms with Crippen molar-refractivity contribution in [3.05, 3.63) is 11.1 Å². The second kappa shape index (κ2) is 3.80. The fraction of sp³-hybridized carbons (Fsp3) is 0.765. The van der Waals surface area contributed by atoms with Crippen LogP contribution in [0, 0.1) is 23.2 Å². The van der Waals surface area contributed by atoms with E-state index >= 15 is 0 Å². The Morgan fingerprint density at radius 3 is 2.95 bits per heavy atom. The standard InChI is InChI=1S/C17H24N2/c1-10-14-6-13-8-17(3)9-18-5-4-12(13)7-15(14)19-16(10)11(17)2/h9-11,14,16H,4-8H2,1-3H3. The molecular weight excluding hydrogens is 232 g/mol. The van der Waals surface area contributed by atoms with Gasteiger partial charge in [-0.2, -0.15) is 0 Å². The minimum Gasteiger partial charge on any atom is -0.297 e. The zero-order valence-corrected chi connectivity index (χ0v) is 12.3. The summed E-state index contributed by atoms with van der Waals surface area (Å²) in [6.07, 6.45) is 7.14. The Hall–Kier alpha value is -0.920. The Bertz CT molecular complexity index is 513. The average molecular weight is 256 g/mol. The number of fused-ring (bicyclic) bond motifs is 2. The third-order valence-electron chi connectivity index (χ3n) is 6.35. The van der Waals surface area contributed by atoms with E-state index in [9.17, 15) is 0 Å². The second-order valence-electron chi connectivity index (χ2n) is 7.42. The minimum atomic E-state index is 0.216. The molecule has 4 aliphatic rings. The quantitative estimate of drug-likeness (QED) is 0.591. The molecule has 0 aromatic rings. The van der Waals surface area contributed by atoms with Crippen molar-refractivity contribution in [3.8, 4) is 0 Å². The molecule has 5 atom stereocenters. The average Bonchev–Trinajstić information content (AvgIpc) is 2.70. The molecule has 0 saturated heterocycles. The summed E-state index contributed by atoms with van der Waals surface area (Å²) in [6.45, 7) is 8.24. The molecule has 2 heteroatoms. The molecule has 2 heterocycles. The van der Waals surface area contributed by atoms with Crippen LogP contribution in [-0.2, 0) is 0 Å². The van der Waals surface area contributed by atoms with Crippen LogP contribution in [0.4, 0.5) is 0 Å². The molecule has 0 aromatic heterocycles. The first-order valence-corrected chi connectivity index (χ1v) is 7.86. The maximum absolute atomic E-state index is 5.18. The molecule has 4 bridgehead atoms. The van der Waals surface area contributed by atoms with Crippen LogP contribution >= 0.6 is 0 Å². The van der Waals surface area contributed by atoms with Gasteiger partial charge >= 0.3 is 0 Å². The normalized spacial score (nSPS) is 47.8. The van der Waals surface area contributed by atoms with Crippen molar-refractivity contribution in [1.29, 1.82) is 0 Å². The van der Waals surface area contributed by atoms with Gasteiger partial charge in [-0.05, 0) is 31.1 Å². The van der Waals surface area contributed by atoms with E-state index in [1.807, 2.05) is 0 Å². The summed E-state index contributed by atoms with van der Waals surface area (Å²) in [6, 6.07) is 0.524. The van der Waals surface area contributed by atoms with Gasteiger partial charge in [0.25, 0.3) is 0 Å². The highest BCUT2D eigenvalue weighted by atomic mass is 14.9.